The molecule has 308 valence electrons. The van der Waals surface area contributed by atoms with E-state index in [1.807, 2.05) is 12.2 Å². The Morgan fingerprint density at radius 2 is 1.55 bits per heavy atom. The fraction of sp³-hybridized carbons (Fsp3) is 0.821. The largest absolute Gasteiger partial charge is 0.472 e. The van der Waals surface area contributed by atoms with Crippen LogP contribution in [0.25, 0.3) is 0 Å². The van der Waals surface area contributed by atoms with E-state index in [0.29, 0.717) is 32.1 Å². The molecule has 8 atom stereocenters. The number of esters is 2. The summed E-state index contributed by atoms with van der Waals surface area (Å²) in [4.78, 5) is 47.5. The number of phosphoric acid groups is 1. The number of carbonyl (C=O) groups excluding carboxylic acids is 3. The van der Waals surface area contributed by atoms with Gasteiger partial charge in [-0.3, -0.25) is 23.4 Å². The first kappa shape index (κ1) is 49.1. The highest BCUT2D eigenvalue weighted by atomic mass is 31.2. The lowest BCUT2D eigenvalue weighted by Crippen LogP contribution is -2.29. The number of ketones is 1. The molecule has 0 aliphatic heterocycles. The van der Waals surface area contributed by atoms with Gasteiger partial charge in [0.05, 0.1) is 32.0 Å². The van der Waals surface area contributed by atoms with Gasteiger partial charge in [-0.25, -0.2) is 4.57 Å². The smallest absolute Gasteiger partial charge is 0.462 e. The Labute approximate surface area is 317 Å². The summed E-state index contributed by atoms with van der Waals surface area (Å²) in [7, 11) is -4.69. The Hall–Kier alpha value is -1.96. The van der Waals surface area contributed by atoms with E-state index in [9.17, 15) is 39.2 Å². The lowest BCUT2D eigenvalue weighted by atomic mass is 9.90. The predicted molar refractivity (Wildman–Crippen MR) is 202 cm³/mol. The number of rotatable bonds is 32. The van der Waals surface area contributed by atoms with E-state index in [-0.39, 0.29) is 31.0 Å². The summed E-state index contributed by atoms with van der Waals surface area (Å²) in [6.45, 7) is 4.19. The lowest BCUT2D eigenvalue weighted by Gasteiger charge is -2.20. The molecular formula is C39H69O13P. The Morgan fingerprint density at radius 3 is 2.25 bits per heavy atom. The second-order valence-corrected chi connectivity index (χ2v) is 15.8. The van der Waals surface area contributed by atoms with E-state index < -0.39 is 76.5 Å². The van der Waals surface area contributed by atoms with Gasteiger partial charge in [0.25, 0.3) is 0 Å². The monoisotopic (exact) mass is 776 g/mol. The van der Waals surface area contributed by atoms with Crippen molar-refractivity contribution in [3.8, 4) is 0 Å². The van der Waals surface area contributed by atoms with E-state index in [4.69, 9.17) is 19.1 Å². The topological polar surface area (TPSA) is 206 Å². The SMILES string of the molecule is CCCCC[C@H](O)/C=C/[C@H]1[C@H](O)CC(=O)[C@@H]1C/C=C\CCCC(=O)O[C@H](COC(=O)CCCCCCCCC(C)CC)COP(=O)(O)OC[C@@H](O)CO. The van der Waals surface area contributed by atoms with Crippen LogP contribution in [0.2, 0.25) is 0 Å². The number of hydrogen-bond acceptors (Lipinski definition) is 12. The van der Waals surface area contributed by atoms with E-state index in [1.54, 1.807) is 12.2 Å². The zero-order valence-electron chi connectivity index (χ0n) is 32.4. The van der Waals surface area contributed by atoms with Crippen LogP contribution in [0.15, 0.2) is 24.3 Å². The van der Waals surface area contributed by atoms with Crippen molar-refractivity contribution in [1.29, 1.82) is 0 Å². The summed E-state index contributed by atoms with van der Waals surface area (Å²) in [6, 6.07) is 0. The van der Waals surface area contributed by atoms with Crippen molar-refractivity contribution in [2.75, 3.05) is 26.4 Å². The Balaban J connectivity index is 2.56. The van der Waals surface area contributed by atoms with Gasteiger partial charge in [0, 0.05) is 31.1 Å². The molecular weight excluding hydrogens is 707 g/mol. The number of Topliss-reactive ketones (excluding diaryl/α,β-unsaturated/α-hetero) is 1. The molecule has 14 heteroatoms. The normalized spacial score (nSPS) is 21.1. The minimum atomic E-state index is -4.69. The Morgan fingerprint density at radius 1 is 0.887 bits per heavy atom. The molecule has 1 aliphatic rings. The minimum Gasteiger partial charge on any atom is -0.462 e. The number of allylic oxidation sites excluding steroid dienone is 2. The molecule has 53 heavy (non-hydrogen) atoms. The zero-order chi connectivity index (χ0) is 39.5. The van der Waals surface area contributed by atoms with Crippen LogP contribution in [0.3, 0.4) is 0 Å². The third-order valence-electron chi connectivity index (χ3n) is 9.52. The van der Waals surface area contributed by atoms with Gasteiger partial charge in [-0.15, -0.1) is 0 Å². The third kappa shape index (κ3) is 24.2. The van der Waals surface area contributed by atoms with Gasteiger partial charge < -0.3 is 34.8 Å². The lowest BCUT2D eigenvalue weighted by molar-refractivity contribution is -0.161. The number of ether oxygens (including phenoxy) is 2. The first-order valence-electron chi connectivity index (χ1n) is 19.8. The average molecular weight is 777 g/mol. The van der Waals surface area contributed by atoms with Gasteiger partial charge in [0.1, 0.15) is 18.5 Å². The summed E-state index contributed by atoms with van der Waals surface area (Å²) in [5.41, 5.74) is 0. The van der Waals surface area contributed by atoms with E-state index in [1.165, 1.54) is 25.7 Å². The van der Waals surface area contributed by atoms with Crippen molar-refractivity contribution < 1.29 is 62.8 Å². The third-order valence-corrected chi connectivity index (χ3v) is 10.5. The molecule has 0 aromatic heterocycles. The summed E-state index contributed by atoms with van der Waals surface area (Å²) in [5, 5.41) is 38.9. The van der Waals surface area contributed by atoms with Gasteiger partial charge in [-0.1, -0.05) is 109 Å². The summed E-state index contributed by atoms with van der Waals surface area (Å²) in [6.07, 6.45) is 16.8. The number of aliphatic hydroxyl groups is 4. The summed E-state index contributed by atoms with van der Waals surface area (Å²) < 4.78 is 32.5. The van der Waals surface area contributed by atoms with Crippen molar-refractivity contribution in [3.05, 3.63) is 24.3 Å². The number of carbonyl (C=O) groups is 3. The van der Waals surface area contributed by atoms with Gasteiger partial charge in [0.15, 0.2) is 6.10 Å². The van der Waals surface area contributed by atoms with Crippen LogP contribution >= 0.6 is 7.82 Å². The van der Waals surface area contributed by atoms with Crippen LogP contribution in [-0.2, 0) is 37.5 Å². The number of hydrogen-bond donors (Lipinski definition) is 5. The van der Waals surface area contributed by atoms with Crippen LogP contribution in [0.4, 0.5) is 0 Å². The molecule has 13 nitrogen and oxygen atoms in total. The second kappa shape index (κ2) is 29.3. The van der Waals surface area contributed by atoms with Crippen molar-refractivity contribution in [2.24, 2.45) is 17.8 Å². The average Bonchev–Trinajstić information content (AvgIpc) is 3.40. The predicted octanol–water partition coefficient (Wildman–Crippen LogP) is 6.28. The van der Waals surface area contributed by atoms with E-state index in [2.05, 4.69) is 25.3 Å². The van der Waals surface area contributed by atoms with Crippen LogP contribution in [0.5, 0.6) is 0 Å². The zero-order valence-corrected chi connectivity index (χ0v) is 33.3. The highest BCUT2D eigenvalue weighted by molar-refractivity contribution is 7.47. The standard InChI is InChI=1S/C39H69O13P/c1-4-6-13-19-31(41)23-24-35-34(36(43)25-37(35)44)20-15-11-12-17-22-39(46)52-33(29-51-53(47,48)50-27-32(42)26-40)28-49-38(45)21-16-10-8-7-9-14-18-30(3)5-2/h11,15,23-24,30-35,37,40-42,44H,4-10,12-14,16-22,25-29H2,1-3H3,(H,47,48)/b15-11-,24-23+/t30?,31-,32-,33+,34+,35+,37+/m0/s1. The highest BCUT2D eigenvalue weighted by Crippen LogP contribution is 2.43. The Kier molecular flexibility index (Phi) is 27.2. The molecule has 1 saturated carbocycles. The molecule has 0 saturated heterocycles. The van der Waals surface area contributed by atoms with Gasteiger partial charge >= 0.3 is 19.8 Å². The van der Waals surface area contributed by atoms with Crippen molar-refractivity contribution >= 4 is 25.5 Å². The van der Waals surface area contributed by atoms with Crippen molar-refractivity contribution in [3.63, 3.8) is 0 Å². The maximum Gasteiger partial charge on any atom is 0.472 e. The van der Waals surface area contributed by atoms with Crippen LogP contribution < -0.4 is 0 Å². The molecule has 0 spiro atoms. The number of aliphatic hydroxyl groups excluding tert-OH is 4. The summed E-state index contributed by atoms with van der Waals surface area (Å²) in [5.74, 6) is -1.17. The first-order valence-corrected chi connectivity index (χ1v) is 21.3. The molecule has 0 amide bonds. The molecule has 2 unspecified atom stereocenters. The van der Waals surface area contributed by atoms with Crippen LogP contribution in [0.1, 0.15) is 136 Å². The molecule has 0 aromatic rings. The summed E-state index contributed by atoms with van der Waals surface area (Å²) >= 11 is 0. The van der Waals surface area contributed by atoms with Crippen LogP contribution in [-0.4, -0.2) is 93.9 Å². The van der Waals surface area contributed by atoms with E-state index >= 15 is 0 Å². The van der Waals surface area contributed by atoms with Crippen LogP contribution in [0, 0.1) is 17.8 Å². The number of phosphoric ester groups is 1. The second-order valence-electron chi connectivity index (χ2n) is 14.3. The molecule has 1 aliphatic carbocycles. The molecule has 0 heterocycles. The minimum absolute atomic E-state index is 0.00945. The Bertz CT molecular complexity index is 1110. The fourth-order valence-electron chi connectivity index (χ4n) is 5.95. The van der Waals surface area contributed by atoms with Crippen molar-refractivity contribution in [2.45, 2.75) is 161 Å². The molecule has 1 fully saturated rings. The van der Waals surface area contributed by atoms with Gasteiger partial charge in [-0.2, -0.15) is 0 Å². The maximum atomic E-state index is 12.7. The number of unbranched alkanes of at least 4 members (excludes halogenated alkanes) is 8. The first-order chi connectivity index (χ1) is 25.3. The highest BCUT2D eigenvalue weighted by Gasteiger charge is 2.39. The van der Waals surface area contributed by atoms with Gasteiger partial charge in [0.2, 0.25) is 0 Å². The molecule has 0 radical (unpaired) electrons. The molecule has 5 N–H and O–H groups in total. The maximum absolute atomic E-state index is 12.7. The molecule has 0 bridgehead atoms. The van der Waals surface area contributed by atoms with Gasteiger partial charge in [-0.05, 0) is 38.0 Å². The van der Waals surface area contributed by atoms with E-state index in [0.717, 1.165) is 44.4 Å². The fourth-order valence-corrected chi connectivity index (χ4v) is 6.74. The van der Waals surface area contributed by atoms with Crippen molar-refractivity contribution in [1.82, 2.24) is 0 Å². The molecule has 1 rings (SSSR count). The quantitative estimate of drug-likeness (QED) is 0.0221. The molecule has 0 aromatic carbocycles.